The van der Waals surface area contributed by atoms with Crippen molar-refractivity contribution >= 4 is 79.7 Å². The van der Waals surface area contributed by atoms with Crippen LogP contribution >= 0.6 is 62.2 Å². The van der Waals surface area contributed by atoms with E-state index in [-0.39, 0.29) is 51.5 Å². The summed E-state index contributed by atoms with van der Waals surface area (Å²) in [5.74, 6) is -0.378. The van der Waals surface area contributed by atoms with Gasteiger partial charge < -0.3 is 9.72 Å². The Morgan fingerprint density at radius 2 is 1.70 bits per heavy atom. The molecule has 8 rings (SSSR count). The number of anilines is 1. The zero-order valence-electron chi connectivity index (χ0n) is 22.3. The van der Waals surface area contributed by atoms with Crippen LogP contribution in [0.2, 0.25) is 10.0 Å². The Bertz CT molecular complexity index is 1860. The average molecular weight is 714 g/mol. The van der Waals surface area contributed by atoms with Crippen molar-refractivity contribution in [3.8, 4) is 5.75 Å². The van der Waals surface area contributed by atoms with Gasteiger partial charge in [-0.05, 0) is 84.3 Å². The van der Waals surface area contributed by atoms with Gasteiger partial charge in [-0.15, -0.1) is 11.8 Å². The van der Waals surface area contributed by atoms with Gasteiger partial charge in [0.05, 0.1) is 22.5 Å². The average Bonchev–Trinajstić information content (AvgIpc) is 3.72. The van der Waals surface area contributed by atoms with Crippen LogP contribution in [0.3, 0.4) is 0 Å². The largest absolute Gasteiger partial charge is 0.489 e. The summed E-state index contributed by atoms with van der Waals surface area (Å²) in [5.41, 5.74) is 2.48. The van der Waals surface area contributed by atoms with E-state index in [4.69, 9.17) is 27.9 Å². The molecule has 1 aromatic heterocycles. The molecule has 0 radical (unpaired) electrons. The number of hydrogen-bond donors (Lipinski definition) is 1. The Labute approximate surface area is 273 Å². The maximum Gasteiger partial charge on any atom is 0.305 e. The van der Waals surface area contributed by atoms with Gasteiger partial charge in [0.1, 0.15) is 12.4 Å². The van der Waals surface area contributed by atoms with Crippen molar-refractivity contribution in [1.29, 1.82) is 0 Å². The maximum absolute atomic E-state index is 14.0. The van der Waals surface area contributed by atoms with E-state index in [1.54, 1.807) is 36.0 Å². The fourth-order valence-corrected chi connectivity index (χ4v) is 11.5. The molecule has 43 heavy (non-hydrogen) atoms. The molecule has 3 heterocycles. The number of ether oxygens (including phenoxy) is 1. The van der Waals surface area contributed by atoms with Crippen molar-refractivity contribution < 1.29 is 14.3 Å². The van der Waals surface area contributed by atoms with E-state index < -0.39 is 5.92 Å². The second-order valence-corrected chi connectivity index (χ2v) is 15.5. The topological polar surface area (TPSA) is 79.5 Å². The molecule has 218 valence electrons. The van der Waals surface area contributed by atoms with Gasteiger partial charge in [-0.1, -0.05) is 62.6 Å². The number of hydrogen-bond acceptors (Lipinski definition) is 6. The quantitative estimate of drug-likeness (QED) is 0.214. The predicted molar refractivity (Wildman–Crippen MR) is 172 cm³/mol. The van der Waals surface area contributed by atoms with Crippen LogP contribution in [-0.4, -0.2) is 22.0 Å². The van der Waals surface area contributed by atoms with E-state index in [1.807, 2.05) is 36.4 Å². The molecule has 6 nitrogen and oxygen atoms in total. The van der Waals surface area contributed by atoms with Crippen LogP contribution in [0, 0.1) is 29.6 Å². The molecule has 4 aliphatic rings. The first kappa shape index (κ1) is 28.0. The summed E-state index contributed by atoms with van der Waals surface area (Å²) in [5, 5.41) is 2.13. The van der Waals surface area contributed by atoms with Crippen LogP contribution in [0.1, 0.15) is 28.3 Å². The number of nitrogens with one attached hydrogen (secondary N) is 1. The monoisotopic (exact) mass is 712 g/mol. The zero-order valence-corrected chi connectivity index (χ0v) is 27.1. The summed E-state index contributed by atoms with van der Waals surface area (Å²) in [6.07, 6.45) is 0.811. The molecule has 4 aromatic rings. The second kappa shape index (κ2) is 10.5. The van der Waals surface area contributed by atoms with E-state index in [0.29, 0.717) is 22.3 Å². The molecule has 2 aliphatic heterocycles. The summed E-state index contributed by atoms with van der Waals surface area (Å²) in [7, 11) is 0. The third-order valence-corrected chi connectivity index (χ3v) is 13.0. The Balaban J connectivity index is 1.20. The van der Waals surface area contributed by atoms with Gasteiger partial charge in [-0.2, -0.15) is 0 Å². The summed E-state index contributed by atoms with van der Waals surface area (Å²) in [4.78, 5) is 45.9. The van der Waals surface area contributed by atoms with Crippen LogP contribution in [0.25, 0.3) is 0 Å². The molecule has 0 unspecified atom stereocenters. The van der Waals surface area contributed by atoms with Crippen LogP contribution < -0.4 is 14.5 Å². The highest BCUT2D eigenvalue weighted by molar-refractivity contribution is 9.10. The molecule has 1 N–H and O–H groups in total. The Kier molecular flexibility index (Phi) is 6.84. The lowest BCUT2D eigenvalue weighted by molar-refractivity contribution is -0.123. The summed E-state index contributed by atoms with van der Waals surface area (Å²) < 4.78 is 7.34. The molecule has 0 spiro atoms. The SMILES string of the molecule is O=C1[C@H]2[C@H]3C[C@@H]([C@@H]2C(=O)N1c1ccc(Cl)cc1)[C@H]1[C@H](c2cc(Br)ccc2OCc2cccc(Cl)c2)c2sc(=O)[nH]c2S[C@H]31. The lowest BCUT2D eigenvalue weighted by Crippen LogP contribution is -2.42. The number of thiazole rings is 1. The molecule has 2 amide bonds. The molecule has 7 atom stereocenters. The van der Waals surface area contributed by atoms with Gasteiger partial charge in [0.25, 0.3) is 0 Å². The lowest BCUT2D eigenvalue weighted by Gasteiger charge is -2.43. The first-order chi connectivity index (χ1) is 20.8. The van der Waals surface area contributed by atoms with Crippen molar-refractivity contribution in [1.82, 2.24) is 4.98 Å². The number of nitrogens with zero attached hydrogens (tertiary/aromatic N) is 1. The fourth-order valence-electron chi connectivity index (χ4n) is 7.89. The number of thioether (sulfide) groups is 1. The third kappa shape index (κ3) is 4.45. The normalized spacial score (nSPS) is 28.6. The highest BCUT2D eigenvalue weighted by atomic mass is 79.9. The second-order valence-electron chi connectivity index (χ2n) is 11.5. The summed E-state index contributed by atoms with van der Waals surface area (Å²) >= 11 is 18.9. The number of carbonyl (C=O) groups is 2. The van der Waals surface area contributed by atoms with Crippen molar-refractivity contribution in [2.75, 3.05) is 4.90 Å². The Hall–Kier alpha value is -2.56. The van der Waals surface area contributed by atoms with Crippen LogP contribution in [-0.2, 0) is 16.2 Å². The number of aromatic amines is 1. The number of rotatable bonds is 5. The minimum atomic E-state index is -0.391. The standard InChI is InChI=1S/C32H23BrCl2N2O4S2/c33-15-4-9-22(41-13-14-2-1-3-17(35)10-14)19(11-15)23-24-20-12-21(27(24)42-29-28(23)43-32(40)36-29)26-25(20)30(38)37(31(26)39)18-7-5-16(34)6-8-18/h1-11,20-21,23-27H,12-13H2,(H,36,40)/t20-,21-,23+,24+,25+,26+,27-/m1/s1. The number of benzene rings is 3. The van der Waals surface area contributed by atoms with Gasteiger partial charge >= 0.3 is 4.87 Å². The molecular formula is C32H23BrCl2N2O4S2. The predicted octanol–water partition coefficient (Wildman–Crippen LogP) is 7.76. The number of carbonyl (C=O) groups excluding carboxylic acids is 2. The first-order valence-corrected chi connectivity index (χ1v) is 17.2. The van der Waals surface area contributed by atoms with Gasteiger partial charge in [-0.3, -0.25) is 19.3 Å². The van der Waals surface area contributed by atoms with E-state index in [2.05, 4.69) is 27.0 Å². The lowest BCUT2D eigenvalue weighted by atomic mass is 9.68. The molecular weight excluding hydrogens is 691 g/mol. The number of amides is 2. The van der Waals surface area contributed by atoms with E-state index >= 15 is 0 Å². The van der Waals surface area contributed by atoms with Crippen molar-refractivity contribution in [3.05, 3.63) is 107 Å². The van der Waals surface area contributed by atoms with E-state index in [9.17, 15) is 14.4 Å². The van der Waals surface area contributed by atoms with Gasteiger partial charge in [0.2, 0.25) is 11.8 Å². The molecule has 3 aromatic carbocycles. The number of H-pyrrole nitrogens is 1. The highest BCUT2D eigenvalue weighted by Crippen LogP contribution is 2.69. The smallest absolute Gasteiger partial charge is 0.305 e. The Morgan fingerprint density at radius 3 is 2.47 bits per heavy atom. The van der Waals surface area contributed by atoms with Crippen molar-refractivity contribution in [3.63, 3.8) is 0 Å². The number of imide groups is 1. The van der Waals surface area contributed by atoms with Crippen LogP contribution in [0.4, 0.5) is 5.69 Å². The van der Waals surface area contributed by atoms with Gasteiger partial charge in [-0.25, -0.2) is 0 Å². The highest BCUT2D eigenvalue weighted by Gasteiger charge is 2.69. The van der Waals surface area contributed by atoms with E-state index in [1.165, 1.54) is 16.2 Å². The first-order valence-electron chi connectivity index (χ1n) is 14.0. The molecule has 2 aliphatic carbocycles. The molecule has 11 heteroatoms. The summed E-state index contributed by atoms with van der Waals surface area (Å²) in [6.45, 7) is 0.334. The fraction of sp³-hybridized carbons (Fsp3) is 0.281. The third-order valence-electron chi connectivity index (χ3n) is 9.40. The molecule has 1 saturated heterocycles. The van der Waals surface area contributed by atoms with Crippen molar-refractivity contribution in [2.45, 2.75) is 29.2 Å². The minimum absolute atomic E-state index is 0.00337. The summed E-state index contributed by atoms with van der Waals surface area (Å²) in [6, 6.07) is 20.4. The maximum atomic E-state index is 14.0. The number of fused-ring (bicyclic) bond motifs is 9. The minimum Gasteiger partial charge on any atom is -0.489 e. The zero-order chi connectivity index (χ0) is 29.6. The van der Waals surface area contributed by atoms with Crippen LogP contribution in [0.15, 0.2) is 81.0 Å². The van der Waals surface area contributed by atoms with Crippen LogP contribution in [0.5, 0.6) is 5.75 Å². The number of aromatic nitrogens is 1. The molecule has 2 bridgehead atoms. The van der Waals surface area contributed by atoms with Gasteiger partial charge in [0.15, 0.2) is 0 Å². The van der Waals surface area contributed by atoms with Crippen molar-refractivity contribution in [2.24, 2.45) is 29.6 Å². The molecule has 3 fully saturated rings. The van der Waals surface area contributed by atoms with Gasteiger partial charge in [0, 0.05) is 36.1 Å². The molecule has 2 saturated carbocycles. The van der Waals surface area contributed by atoms with E-state index in [0.717, 1.165) is 37.7 Å². The number of halogens is 3. The Morgan fingerprint density at radius 1 is 0.930 bits per heavy atom.